The van der Waals surface area contributed by atoms with Crippen LogP contribution in [0.4, 0.5) is 0 Å². The van der Waals surface area contributed by atoms with Gasteiger partial charge in [-0.1, -0.05) is 6.07 Å². The zero-order chi connectivity index (χ0) is 15.9. The highest BCUT2D eigenvalue weighted by molar-refractivity contribution is 7.80. The van der Waals surface area contributed by atoms with Crippen LogP contribution in [0.5, 0.6) is 0 Å². The molecule has 124 valence electrons. The van der Waals surface area contributed by atoms with E-state index in [0.717, 1.165) is 51.6 Å². The van der Waals surface area contributed by atoms with Gasteiger partial charge in [-0.3, -0.25) is 15.3 Å². The fraction of sp³-hybridized carbons (Fsp3) is 0.562. The molecule has 1 aromatic heterocycles. The molecule has 0 unspecified atom stereocenters. The average Bonchev–Trinajstić information content (AvgIpc) is 3.12. The van der Waals surface area contributed by atoms with Gasteiger partial charge in [0.2, 0.25) is 0 Å². The van der Waals surface area contributed by atoms with Gasteiger partial charge in [0, 0.05) is 38.9 Å². The first-order valence-electron chi connectivity index (χ1n) is 8.14. The lowest BCUT2D eigenvalue weighted by Crippen LogP contribution is -2.35. The van der Waals surface area contributed by atoms with Crippen molar-refractivity contribution in [3.05, 3.63) is 29.6 Å². The Hall–Kier alpha value is -1.57. The third kappa shape index (κ3) is 4.95. The molecule has 0 amide bonds. The summed E-state index contributed by atoms with van der Waals surface area (Å²) in [6.45, 7) is 6.58. The lowest BCUT2D eigenvalue weighted by Gasteiger charge is -2.26. The minimum Gasteiger partial charge on any atom is -0.379 e. The molecular formula is C16H23N5OS. The van der Waals surface area contributed by atoms with Crippen molar-refractivity contribution >= 4 is 23.5 Å². The molecule has 0 aliphatic carbocycles. The summed E-state index contributed by atoms with van der Waals surface area (Å²) in [5, 5.41) is 4.88. The molecular weight excluding hydrogens is 310 g/mol. The topological polar surface area (TPSA) is 53.0 Å². The highest BCUT2D eigenvalue weighted by atomic mass is 32.1. The predicted octanol–water partition coefficient (Wildman–Crippen LogP) is 1.22. The first-order chi connectivity index (χ1) is 11.3. The first-order valence-corrected chi connectivity index (χ1v) is 8.55. The second kappa shape index (κ2) is 8.33. The number of pyridine rings is 1. The van der Waals surface area contributed by atoms with Crippen LogP contribution in [0.2, 0.25) is 0 Å². The molecule has 3 rings (SSSR count). The van der Waals surface area contributed by atoms with Gasteiger partial charge in [0.05, 0.1) is 25.1 Å². The van der Waals surface area contributed by atoms with E-state index in [1.807, 2.05) is 12.3 Å². The number of hydrazone groups is 1. The maximum atomic E-state index is 5.36. The molecule has 0 saturated carbocycles. The highest BCUT2D eigenvalue weighted by Crippen LogP contribution is 2.08. The molecule has 0 atom stereocenters. The van der Waals surface area contributed by atoms with Crippen LogP contribution in [0.25, 0.3) is 0 Å². The Morgan fingerprint density at radius 1 is 1.26 bits per heavy atom. The third-order valence-corrected chi connectivity index (χ3v) is 4.46. The molecule has 0 bridgehead atoms. The Bertz CT molecular complexity index is 536. The smallest absolute Gasteiger partial charge is 0.189 e. The van der Waals surface area contributed by atoms with Gasteiger partial charge in [-0.15, -0.1) is 0 Å². The largest absolute Gasteiger partial charge is 0.379 e. The lowest BCUT2D eigenvalue weighted by molar-refractivity contribution is 0.0341. The summed E-state index contributed by atoms with van der Waals surface area (Å²) in [7, 11) is 0. The third-order valence-electron chi connectivity index (χ3n) is 4.11. The molecule has 1 aromatic rings. The standard InChI is InChI=1S/C16H23N5OS/c23-16(21-5-1-2-6-21)19-18-12-15-4-3-14(11-17-15)13-20-7-9-22-10-8-20/h3-4,11-12H,1-2,5-10,13H2,(H,19,23)/b18-12+. The maximum absolute atomic E-state index is 5.36. The van der Waals surface area contributed by atoms with Crippen molar-refractivity contribution in [3.8, 4) is 0 Å². The molecule has 3 heterocycles. The quantitative estimate of drug-likeness (QED) is 0.508. The number of ether oxygens (including phenoxy) is 1. The van der Waals surface area contributed by atoms with Crippen LogP contribution in [0, 0.1) is 0 Å². The van der Waals surface area contributed by atoms with E-state index in [-0.39, 0.29) is 0 Å². The number of aromatic nitrogens is 1. The molecule has 0 aromatic carbocycles. The fourth-order valence-corrected chi connectivity index (χ4v) is 3.00. The van der Waals surface area contributed by atoms with Crippen molar-refractivity contribution < 1.29 is 4.74 Å². The van der Waals surface area contributed by atoms with Crippen molar-refractivity contribution in [2.75, 3.05) is 39.4 Å². The Balaban J connectivity index is 1.46. The summed E-state index contributed by atoms with van der Waals surface area (Å²) in [4.78, 5) is 8.96. The second-order valence-electron chi connectivity index (χ2n) is 5.85. The van der Waals surface area contributed by atoms with Crippen molar-refractivity contribution in [3.63, 3.8) is 0 Å². The number of nitrogens with zero attached hydrogens (tertiary/aromatic N) is 4. The molecule has 1 N–H and O–H groups in total. The number of hydrogen-bond acceptors (Lipinski definition) is 5. The van der Waals surface area contributed by atoms with Crippen LogP contribution in [0.15, 0.2) is 23.4 Å². The normalized spacial score (nSPS) is 19.4. The Kier molecular flexibility index (Phi) is 5.90. The number of morpholine rings is 1. The van der Waals surface area contributed by atoms with Crippen LogP contribution < -0.4 is 5.43 Å². The van der Waals surface area contributed by atoms with E-state index in [0.29, 0.717) is 5.11 Å². The molecule has 0 radical (unpaired) electrons. The van der Waals surface area contributed by atoms with Crippen LogP contribution in [0.3, 0.4) is 0 Å². The second-order valence-corrected chi connectivity index (χ2v) is 6.24. The lowest BCUT2D eigenvalue weighted by atomic mass is 10.2. The molecule has 2 saturated heterocycles. The highest BCUT2D eigenvalue weighted by Gasteiger charge is 2.13. The van der Waals surface area contributed by atoms with Gasteiger partial charge in [-0.25, -0.2) is 0 Å². The summed E-state index contributed by atoms with van der Waals surface area (Å²) >= 11 is 5.31. The van der Waals surface area contributed by atoms with Gasteiger partial charge in [0.1, 0.15) is 0 Å². The molecule has 2 aliphatic rings. The van der Waals surface area contributed by atoms with Crippen molar-refractivity contribution in [1.82, 2.24) is 20.2 Å². The molecule has 6 nitrogen and oxygen atoms in total. The monoisotopic (exact) mass is 333 g/mol. The van der Waals surface area contributed by atoms with Gasteiger partial charge in [-0.2, -0.15) is 5.10 Å². The number of nitrogens with one attached hydrogen (secondary N) is 1. The van der Waals surface area contributed by atoms with Gasteiger partial charge >= 0.3 is 0 Å². The fourth-order valence-electron chi connectivity index (χ4n) is 2.77. The van der Waals surface area contributed by atoms with E-state index < -0.39 is 0 Å². The van der Waals surface area contributed by atoms with Gasteiger partial charge in [0.25, 0.3) is 0 Å². The predicted molar refractivity (Wildman–Crippen MR) is 94.5 cm³/mol. The molecule has 2 fully saturated rings. The molecule has 7 heteroatoms. The first kappa shape index (κ1) is 16.3. The van der Waals surface area contributed by atoms with Crippen LogP contribution in [-0.2, 0) is 11.3 Å². The van der Waals surface area contributed by atoms with E-state index in [4.69, 9.17) is 17.0 Å². The van der Waals surface area contributed by atoms with Crippen molar-refractivity contribution in [2.45, 2.75) is 19.4 Å². The summed E-state index contributed by atoms with van der Waals surface area (Å²) in [6.07, 6.45) is 6.03. The van der Waals surface area contributed by atoms with Gasteiger partial charge < -0.3 is 9.64 Å². The van der Waals surface area contributed by atoms with E-state index in [1.165, 1.54) is 18.4 Å². The van der Waals surface area contributed by atoms with Crippen LogP contribution >= 0.6 is 12.2 Å². The summed E-state index contributed by atoms with van der Waals surface area (Å²) in [5.74, 6) is 0. The Morgan fingerprint density at radius 3 is 2.74 bits per heavy atom. The summed E-state index contributed by atoms with van der Waals surface area (Å²) in [5.41, 5.74) is 4.96. The average molecular weight is 333 g/mol. The number of thiocarbonyl (C=S) groups is 1. The van der Waals surface area contributed by atoms with Gasteiger partial charge in [-0.05, 0) is 36.7 Å². The number of hydrogen-bond donors (Lipinski definition) is 1. The number of rotatable bonds is 4. The van der Waals surface area contributed by atoms with Crippen molar-refractivity contribution in [1.29, 1.82) is 0 Å². The SMILES string of the molecule is S=C(N/N=C/c1ccc(CN2CCOCC2)cn1)N1CCCC1. The van der Waals surface area contributed by atoms with Crippen molar-refractivity contribution in [2.24, 2.45) is 5.10 Å². The minimum atomic E-state index is 0.697. The van der Waals surface area contributed by atoms with Crippen LogP contribution in [-0.4, -0.2) is 65.5 Å². The zero-order valence-corrected chi connectivity index (χ0v) is 14.1. The zero-order valence-electron chi connectivity index (χ0n) is 13.3. The molecule has 0 spiro atoms. The Labute approximate surface area is 142 Å². The van der Waals surface area contributed by atoms with E-state index in [9.17, 15) is 0 Å². The summed E-state index contributed by atoms with van der Waals surface area (Å²) in [6, 6.07) is 4.09. The molecule has 23 heavy (non-hydrogen) atoms. The van der Waals surface area contributed by atoms with E-state index in [1.54, 1.807) is 6.21 Å². The van der Waals surface area contributed by atoms with Crippen LogP contribution in [0.1, 0.15) is 24.1 Å². The van der Waals surface area contributed by atoms with E-state index in [2.05, 4.69) is 31.4 Å². The summed E-state index contributed by atoms with van der Waals surface area (Å²) < 4.78 is 5.36. The minimum absolute atomic E-state index is 0.697. The maximum Gasteiger partial charge on any atom is 0.189 e. The van der Waals surface area contributed by atoms with E-state index >= 15 is 0 Å². The Morgan fingerprint density at radius 2 is 2.04 bits per heavy atom. The number of likely N-dealkylation sites (tertiary alicyclic amines) is 1. The van der Waals surface area contributed by atoms with Gasteiger partial charge in [0.15, 0.2) is 5.11 Å². The molecule has 2 aliphatic heterocycles.